The molecule has 0 fully saturated rings. The molecule has 0 radical (unpaired) electrons. The number of likely N-dealkylation sites (N-methyl/N-ethyl adjacent to an activating group) is 1. The van der Waals surface area contributed by atoms with E-state index in [1.54, 1.807) is 13.2 Å². The van der Waals surface area contributed by atoms with Crippen molar-refractivity contribution in [2.45, 2.75) is 6.92 Å². The molecule has 0 spiro atoms. The number of amides is 1. The lowest BCUT2D eigenvalue weighted by atomic mass is 10.1. The first-order chi connectivity index (χ1) is 10.5. The SMILES string of the molecule is CN.CNc1cc(NC(=O)/C=C/CN(C)C)c(C)cc1OC. The van der Waals surface area contributed by atoms with Crippen molar-refractivity contribution in [3.63, 3.8) is 0 Å². The Morgan fingerprint density at radius 1 is 1.32 bits per heavy atom. The summed E-state index contributed by atoms with van der Waals surface area (Å²) in [7, 11) is 8.84. The molecule has 1 aromatic rings. The van der Waals surface area contributed by atoms with E-state index >= 15 is 0 Å². The van der Waals surface area contributed by atoms with Gasteiger partial charge in [-0.15, -0.1) is 0 Å². The van der Waals surface area contributed by atoms with Crippen LogP contribution in [0.5, 0.6) is 5.75 Å². The van der Waals surface area contributed by atoms with Crippen LogP contribution in [0, 0.1) is 6.92 Å². The minimum atomic E-state index is -0.137. The van der Waals surface area contributed by atoms with Crippen LogP contribution in [0.15, 0.2) is 24.3 Å². The highest BCUT2D eigenvalue weighted by molar-refractivity contribution is 6.00. The van der Waals surface area contributed by atoms with Crippen molar-refractivity contribution in [1.82, 2.24) is 4.90 Å². The lowest BCUT2D eigenvalue weighted by Crippen LogP contribution is -2.13. The van der Waals surface area contributed by atoms with Crippen molar-refractivity contribution in [3.8, 4) is 5.75 Å². The highest BCUT2D eigenvalue weighted by Gasteiger charge is 2.08. The van der Waals surface area contributed by atoms with Gasteiger partial charge in [0, 0.05) is 25.4 Å². The lowest BCUT2D eigenvalue weighted by Gasteiger charge is -2.13. The molecule has 0 bridgehead atoms. The highest BCUT2D eigenvalue weighted by atomic mass is 16.5. The maximum atomic E-state index is 11.8. The van der Waals surface area contributed by atoms with Gasteiger partial charge in [-0.2, -0.15) is 0 Å². The molecule has 0 unspecified atom stereocenters. The molecule has 22 heavy (non-hydrogen) atoms. The zero-order valence-electron chi connectivity index (χ0n) is 14.4. The smallest absolute Gasteiger partial charge is 0.248 e. The van der Waals surface area contributed by atoms with Gasteiger partial charge in [-0.1, -0.05) is 6.08 Å². The lowest BCUT2D eigenvalue weighted by molar-refractivity contribution is -0.111. The number of hydrogen-bond donors (Lipinski definition) is 3. The van der Waals surface area contributed by atoms with Gasteiger partial charge < -0.3 is 26.0 Å². The first-order valence-corrected chi connectivity index (χ1v) is 7.04. The second-order valence-electron chi connectivity index (χ2n) is 4.77. The number of carbonyl (C=O) groups excluding carboxylic acids is 1. The summed E-state index contributed by atoms with van der Waals surface area (Å²) in [5, 5.41) is 5.91. The normalized spacial score (nSPS) is 10.2. The minimum absolute atomic E-state index is 0.137. The number of nitrogens with zero attached hydrogens (tertiary/aromatic N) is 1. The van der Waals surface area contributed by atoms with E-state index in [-0.39, 0.29) is 5.91 Å². The minimum Gasteiger partial charge on any atom is -0.495 e. The summed E-state index contributed by atoms with van der Waals surface area (Å²) in [6.45, 7) is 2.66. The topological polar surface area (TPSA) is 79.6 Å². The number of nitrogens with two attached hydrogens (primary N) is 1. The molecule has 0 heterocycles. The van der Waals surface area contributed by atoms with E-state index in [0.717, 1.165) is 29.2 Å². The Hall–Kier alpha value is -2.05. The third-order valence-corrected chi connectivity index (χ3v) is 2.81. The number of rotatable bonds is 6. The molecule has 0 saturated carbocycles. The van der Waals surface area contributed by atoms with Crippen LogP contribution in [0.2, 0.25) is 0 Å². The molecule has 124 valence electrons. The monoisotopic (exact) mass is 308 g/mol. The van der Waals surface area contributed by atoms with Gasteiger partial charge in [0.25, 0.3) is 0 Å². The fourth-order valence-corrected chi connectivity index (χ4v) is 1.73. The summed E-state index contributed by atoms with van der Waals surface area (Å²) in [5.74, 6) is 0.619. The average Bonchev–Trinajstić information content (AvgIpc) is 2.50. The van der Waals surface area contributed by atoms with Gasteiger partial charge in [0.05, 0.1) is 12.8 Å². The summed E-state index contributed by atoms with van der Waals surface area (Å²) in [5.41, 5.74) is 7.07. The number of methoxy groups -OCH3 is 1. The maximum Gasteiger partial charge on any atom is 0.248 e. The maximum absolute atomic E-state index is 11.8. The Balaban J connectivity index is 0.00000211. The molecule has 0 saturated heterocycles. The molecule has 1 aromatic carbocycles. The number of nitrogens with one attached hydrogen (secondary N) is 2. The van der Waals surface area contributed by atoms with Crippen LogP contribution >= 0.6 is 0 Å². The molecule has 0 aliphatic rings. The van der Waals surface area contributed by atoms with Crippen molar-refractivity contribution < 1.29 is 9.53 Å². The van der Waals surface area contributed by atoms with Gasteiger partial charge in [-0.05, 0) is 45.8 Å². The van der Waals surface area contributed by atoms with Gasteiger partial charge in [-0.3, -0.25) is 4.79 Å². The zero-order chi connectivity index (χ0) is 17.1. The number of anilines is 2. The van der Waals surface area contributed by atoms with E-state index in [2.05, 4.69) is 16.4 Å². The fourth-order valence-electron chi connectivity index (χ4n) is 1.73. The number of hydrogen-bond acceptors (Lipinski definition) is 5. The Morgan fingerprint density at radius 2 is 1.95 bits per heavy atom. The Kier molecular flexibility index (Phi) is 9.65. The Bertz CT molecular complexity index is 499. The zero-order valence-corrected chi connectivity index (χ0v) is 14.4. The molecule has 1 amide bonds. The highest BCUT2D eigenvalue weighted by Crippen LogP contribution is 2.30. The quantitative estimate of drug-likeness (QED) is 0.697. The van der Waals surface area contributed by atoms with E-state index in [1.807, 2.05) is 51.2 Å². The molecule has 1 rings (SSSR count). The van der Waals surface area contributed by atoms with Crippen molar-refractivity contribution >= 4 is 17.3 Å². The molecule has 4 N–H and O–H groups in total. The van der Waals surface area contributed by atoms with Gasteiger partial charge in [0.15, 0.2) is 0 Å². The summed E-state index contributed by atoms with van der Waals surface area (Å²) in [6.07, 6.45) is 3.37. The van der Waals surface area contributed by atoms with Gasteiger partial charge >= 0.3 is 0 Å². The summed E-state index contributed by atoms with van der Waals surface area (Å²) in [4.78, 5) is 13.8. The Morgan fingerprint density at radius 3 is 2.45 bits per heavy atom. The van der Waals surface area contributed by atoms with Crippen molar-refractivity contribution in [3.05, 3.63) is 29.8 Å². The Labute approximate surface area is 133 Å². The van der Waals surface area contributed by atoms with Gasteiger partial charge in [0.1, 0.15) is 5.75 Å². The van der Waals surface area contributed by atoms with E-state index in [0.29, 0.717) is 0 Å². The van der Waals surface area contributed by atoms with E-state index < -0.39 is 0 Å². The predicted molar refractivity (Wildman–Crippen MR) is 93.7 cm³/mol. The largest absolute Gasteiger partial charge is 0.495 e. The van der Waals surface area contributed by atoms with Crippen LogP contribution in [0.3, 0.4) is 0 Å². The van der Waals surface area contributed by atoms with E-state index in [9.17, 15) is 4.79 Å². The number of aryl methyl sites for hydroxylation is 1. The molecule has 0 aliphatic carbocycles. The van der Waals surface area contributed by atoms with Crippen molar-refractivity contribution in [2.24, 2.45) is 5.73 Å². The van der Waals surface area contributed by atoms with Crippen LogP contribution in [-0.2, 0) is 4.79 Å². The van der Waals surface area contributed by atoms with Crippen molar-refractivity contribution in [2.75, 3.05) is 52.5 Å². The molecule has 6 nitrogen and oxygen atoms in total. The third-order valence-electron chi connectivity index (χ3n) is 2.81. The fraction of sp³-hybridized carbons (Fsp3) is 0.438. The predicted octanol–water partition coefficient (Wildman–Crippen LogP) is 1.68. The summed E-state index contributed by atoms with van der Waals surface area (Å²) < 4.78 is 5.27. The molecule has 6 heteroatoms. The summed E-state index contributed by atoms with van der Waals surface area (Å²) >= 11 is 0. The van der Waals surface area contributed by atoms with Crippen LogP contribution in [0.1, 0.15) is 5.56 Å². The van der Waals surface area contributed by atoms with Crippen LogP contribution in [-0.4, -0.2) is 52.7 Å². The van der Waals surface area contributed by atoms with E-state index in [4.69, 9.17) is 4.74 Å². The number of ether oxygens (including phenoxy) is 1. The average molecular weight is 308 g/mol. The van der Waals surface area contributed by atoms with Crippen LogP contribution in [0.4, 0.5) is 11.4 Å². The van der Waals surface area contributed by atoms with Gasteiger partial charge in [-0.25, -0.2) is 0 Å². The number of carbonyl (C=O) groups is 1. The first kappa shape index (κ1) is 19.9. The molecule has 0 atom stereocenters. The molecule has 0 aliphatic heterocycles. The van der Waals surface area contributed by atoms with Crippen LogP contribution in [0.25, 0.3) is 0 Å². The standard InChI is InChI=1S/C15H23N3O2.CH5N/c1-11-9-14(20-5)13(16-2)10-12(11)17-15(19)7-6-8-18(3)4;1-2/h6-7,9-10,16H,8H2,1-5H3,(H,17,19);2H2,1H3/b7-6+;. The molecule has 0 aromatic heterocycles. The number of benzene rings is 1. The first-order valence-electron chi connectivity index (χ1n) is 7.04. The van der Waals surface area contributed by atoms with Crippen LogP contribution < -0.4 is 21.1 Å². The third kappa shape index (κ3) is 6.60. The molecular formula is C16H28N4O2. The van der Waals surface area contributed by atoms with E-state index in [1.165, 1.54) is 7.05 Å². The second-order valence-corrected chi connectivity index (χ2v) is 4.77. The molecular weight excluding hydrogens is 280 g/mol. The second kappa shape index (κ2) is 10.6. The van der Waals surface area contributed by atoms with Gasteiger partial charge in [0.2, 0.25) is 5.91 Å². The summed E-state index contributed by atoms with van der Waals surface area (Å²) in [6, 6.07) is 3.76. The van der Waals surface area contributed by atoms with Crippen molar-refractivity contribution in [1.29, 1.82) is 0 Å².